The predicted octanol–water partition coefficient (Wildman–Crippen LogP) is 4.30. The molecule has 0 unspecified atom stereocenters. The van der Waals surface area contributed by atoms with Gasteiger partial charge in [-0.25, -0.2) is 0 Å². The van der Waals surface area contributed by atoms with E-state index >= 15 is 0 Å². The maximum absolute atomic E-state index is 11.7. The summed E-state index contributed by atoms with van der Waals surface area (Å²) in [5.74, 6) is 0.166. The fraction of sp³-hybridized carbons (Fsp3) is 0.588. The molecule has 1 aliphatic heterocycles. The van der Waals surface area contributed by atoms with Crippen molar-refractivity contribution in [1.29, 1.82) is 0 Å². The maximum atomic E-state index is 11.7. The summed E-state index contributed by atoms with van der Waals surface area (Å²) in [4.78, 5) is 14.1. The van der Waals surface area contributed by atoms with Gasteiger partial charge in [0.2, 0.25) is 0 Å². The first kappa shape index (κ1) is 14.1. The Morgan fingerprint density at radius 2 is 1.74 bits per heavy atom. The maximum Gasteiger partial charge on any atom is 0.161 e. The number of hydrogen-bond acceptors (Lipinski definition) is 2. The van der Waals surface area contributed by atoms with Gasteiger partial charge in [-0.3, -0.25) is 4.79 Å². The highest BCUT2D eigenvalue weighted by Gasteiger charge is 2.41. The Hall–Kier alpha value is -1.31. The van der Waals surface area contributed by atoms with Gasteiger partial charge in [0.15, 0.2) is 5.78 Å². The van der Waals surface area contributed by atoms with E-state index in [0.717, 1.165) is 24.3 Å². The lowest BCUT2D eigenvalue weighted by molar-refractivity contribution is 0.101. The molecule has 0 amide bonds. The van der Waals surface area contributed by atoms with E-state index in [1.807, 2.05) is 18.2 Å². The van der Waals surface area contributed by atoms with Crippen LogP contribution in [-0.4, -0.2) is 18.9 Å². The number of carbonyl (C=O) groups is 1. The summed E-state index contributed by atoms with van der Waals surface area (Å²) in [5, 5.41) is 0. The normalized spacial score (nSPS) is 17.1. The quantitative estimate of drug-likeness (QED) is 0.710. The zero-order valence-corrected chi connectivity index (χ0v) is 12.4. The molecular formula is C17H25NO. The molecule has 1 heterocycles. The molecule has 0 saturated carbocycles. The van der Waals surface area contributed by atoms with Gasteiger partial charge in [0.25, 0.3) is 0 Å². The van der Waals surface area contributed by atoms with E-state index in [2.05, 4.69) is 24.8 Å². The number of nitrogens with zero attached hydrogens (tertiary/aromatic N) is 1. The molecule has 0 aliphatic carbocycles. The van der Waals surface area contributed by atoms with E-state index in [0.29, 0.717) is 5.41 Å². The first-order chi connectivity index (χ1) is 9.12. The number of ketones is 1. The van der Waals surface area contributed by atoms with E-state index in [1.165, 1.54) is 25.7 Å². The van der Waals surface area contributed by atoms with Crippen LogP contribution < -0.4 is 4.90 Å². The van der Waals surface area contributed by atoms with Crippen LogP contribution in [0.25, 0.3) is 0 Å². The van der Waals surface area contributed by atoms with Crippen molar-refractivity contribution in [2.75, 3.05) is 18.0 Å². The molecule has 19 heavy (non-hydrogen) atoms. The minimum Gasteiger partial charge on any atom is -0.370 e. The Balaban J connectivity index is 2.13. The van der Waals surface area contributed by atoms with Crippen molar-refractivity contribution in [2.24, 2.45) is 5.41 Å². The third-order valence-electron chi connectivity index (χ3n) is 4.24. The van der Waals surface area contributed by atoms with Crippen LogP contribution in [0.5, 0.6) is 0 Å². The van der Waals surface area contributed by atoms with Crippen molar-refractivity contribution >= 4 is 11.5 Å². The number of para-hydroxylation sites is 1. The van der Waals surface area contributed by atoms with Crippen LogP contribution >= 0.6 is 0 Å². The molecule has 1 aliphatic rings. The minimum absolute atomic E-state index is 0.166. The number of hydrogen-bond donors (Lipinski definition) is 0. The number of Topliss-reactive ketones (excluding diaryl/α,β-unsaturated/α-hetero) is 1. The smallest absolute Gasteiger partial charge is 0.161 e. The summed E-state index contributed by atoms with van der Waals surface area (Å²) in [6.07, 6.45) is 5.11. The number of benzene rings is 1. The largest absolute Gasteiger partial charge is 0.370 e. The van der Waals surface area contributed by atoms with Crippen molar-refractivity contribution in [2.45, 2.75) is 46.5 Å². The van der Waals surface area contributed by atoms with Gasteiger partial charge < -0.3 is 4.90 Å². The van der Waals surface area contributed by atoms with Crippen LogP contribution in [0.4, 0.5) is 5.69 Å². The van der Waals surface area contributed by atoms with E-state index in [1.54, 1.807) is 6.92 Å². The van der Waals surface area contributed by atoms with Crippen LogP contribution in [0.2, 0.25) is 0 Å². The molecule has 1 aromatic carbocycles. The summed E-state index contributed by atoms with van der Waals surface area (Å²) in [5.41, 5.74) is 2.48. The average molecular weight is 259 g/mol. The molecule has 1 aromatic rings. The molecule has 2 rings (SSSR count). The van der Waals surface area contributed by atoms with Crippen LogP contribution in [0, 0.1) is 5.41 Å². The van der Waals surface area contributed by atoms with Gasteiger partial charge in [0.1, 0.15) is 0 Å². The van der Waals surface area contributed by atoms with E-state index in [9.17, 15) is 4.79 Å². The van der Waals surface area contributed by atoms with Crippen LogP contribution in [-0.2, 0) is 0 Å². The molecule has 0 radical (unpaired) electrons. The third-order valence-corrected chi connectivity index (χ3v) is 4.24. The average Bonchev–Trinajstić information content (AvgIpc) is 2.35. The molecule has 0 spiro atoms. The summed E-state index contributed by atoms with van der Waals surface area (Å²) in [7, 11) is 0. The second-order valence-corrected chi connectivity index (χ2v) is 5.93. The molecule has 104 valence electrons. The number of carbonyl (C=O) groups excluding carboxylic acids is 1. The molecule has 2 heteroatoms. The second-order valence-electron chi connectivity index (χ2n) is 5.93. The summed E-state index contributed by atoms with van der Waals surface area (Å²) in [6.45, 7) is 8.41. The highest BCUT2D eigenvalue weighted by Crippen LogP contribution is 2.42. The van der Waals surface area contributed by atoms with Crippen molar-refractivity contribution in [3.8, 4) is 0 Å². The zero-order valence-electron chi connectivity index (χ0n) is 12.4. The first-order valence-electron chi connectivity index (χ1n) is 7.47. The summed E-state index contributed by atoms with van der Waals surface area (Å²) >= 11 is 0. The fourth-order valence-electron chi connectivity index (χ4n) is 3.48. The molecule has 1 fully saturated rings. The summed E-state index contributed by atoms with van der Waals surface area (Å²) < 4.78 is 0. The standard InChI is InChI=1S/C17H25NO/c1-4-10-17(11-5-2)12-18(13-17)16-9-7-6-8-15(16)14(3)19/h6-9H,4-5,10-13H2,1-3H3. The van der Waals surface area contributed by atoms with Crippen LogP contribution in [0.3, 0.4) is 0 Å². The van der Waals surface area contributed by atoms with E-state index in [4.69, 9.17) is 0 Å². The minimum atomic E-state index is 0.166. The lowest BCUT2D eigenvalue weighted by atomic mass is 9.72. The Labute approximate surface area is 116 Å². The molecule has 0 aromatic heterocycles. The monoisotopic (exact) mass is 259 g/mol. The first-order valence-corrected chi connectivity index (χ1v) is 7.47. The van der Waals surface area contributed by atoms with Crippen molar-refractivity contribution in [1.82, 2.24) is 0 Å². The van der Waals surface area contributed by atoms with Crippen molar-refractivity contribution in [3.63, 3.8) is 0 Å². The molecule has 0 atom stereocenters. The molecule has 2 nitrogen and oxygen atoms in total. The number of rotatable bonds is 6. The molecular weight excluding hydrogens is 234 g/mol. The summed E-state index contributed by atoms with van der Waals surface area (Å²) in [6, 6.07) is 8.00. The number of anilines is 1. The van der Waals surface area contributed by atoms with Gasteiger partial charge in [0.05, 0.1) is 0 Å². The van der Waals surface area contributed by atoms with Gasteiger partial charge in [-0.2, -0.15) is 0 Å². The van der Waals surface area contributed by atoms with Crippen LogP contribution in [0.1, 0.15) is 56.8 Å². The molecule has 0 N–H and O–H groups in total. The lowest BCUT2D eigenvalue weighted by Crippen LogP contribution is -2.56. The Morgan fingerprint density at radius 1 is 1.16 bits per heavy atom. The van der Waals surface area contributed by atoms with Gasteiger partial charge >= 0.3 is 0 Å². The Morgan fingerprint density at radius 3 is 2.26 bits per heavy atom. The zero-order chi connectivity index (χ0) is 13.9. The Bertz CT molecular complexity index is 438. The predicted molar refractivity (Wildman–Crippen MR) is 80.9 cm³/mol. The topological polar surface area (TPSA) is 20.3 Å². The van der Waals surface area contributed by atoms with E-state index < -0.39 is 0 Å². The fourth-order valence-corrected chi connectivity index (χ4v) is 3.48. The Kier molecular flexibility index (Phi) is 4.28. The van der Waals surface area contributed by atoms with Gasteiger partial charge in [-0.1, -0.05) is 38.8 Å². The highest BCUT2D eigenvalue weighted by molar-refractivity contribution is 5.99. The van der Waals surface area contributed by atoms with Gasteiger partial charge in [-0.15, -0.1) is 0 Å². The van der Waals surface area contributed by atoms with Crippen molar-refractivity contribution in [3.05, 3.63) is 29.8 Å². The van der Waals surface area contributed by atoms with Gasteiger partial charge in [-0.05, 0) is 31.9 Å². The second kappa shape index (κ2) is 5.77. The van der Waals surface area contributed by atoms with Gasteiger partial charge in [0, 0.05) is 29.8 Å². The molecule has 1 saturated heterocycles. The molecule has 0 bridgehead atoms. The lowest BCUT2D eigenvalue weighted by Gasteiger charge is -2.52. The SMILES string of the molecule is CCCC1(CCC)CN(c2ccccc2C(C)=O)C1. The third kappa shape index (κ3) is 2.83. The van der Waals surface area contributed by atoms with E-state index in [-0.39, 0.29) is 5.78 Å². The van der Waals surface area contributed by atoms with Crippen LogP contribution in [0.15, 0.2) is 24.3 Å². The highest BCUT2D eigenvalue weighted by atomic mass is 16.1. The van der Waals surface area contributed by atoms with Crippen molar-refractivity contribution < 1.29 is 4.79 Å².